The van der Waals surface area contributed by atoms with E-state index in [1.54, 1.807) is 0 Å². The van der Waals surface area contributed by atoms with E-state index in [4.69, 9.17) is 14.6 Å². The summed E-state index contributed by atoms with van der Waals surface area (Å²) in [5.74, 6) is 0.839. The van der Waals surface area contributed by atoms with Crippen LogP contribution in [0.4, 0.5) is 0 Å². The van der Waals surface area contributed by atoms with E-state index in [1.807, 2.05) is 12.1 Å². The monoisotopic (exact) mass is 429 g/mol. The van der Waals surface area contributed by atoms with Gasteiger partial charge in [0.1, 0.15) is 24.7 Å². The van der Waals surface area contributed by atoms with Crippen molar-refractivity contribution >= 4 is 5.97 Å². The predicted molar refractivity (Wildman–Crippen MR) is 123 cm³/mol. The number of carboxylic acid groups (broad SMARTS) is 1. The van der Waals surface area contributed by atoms with Crippen molar-refractivity contribution in [2.45, 2.75) is 26.0 Å². The summed E-state index contributed by atoms with van der Waals surface area (Å²) in [5.41, 5.74) is 5.81. The molecule has 1 fully saturated rings. The molecule has 1 unspecified atom stereocenters. The summed E-state index contributed by atoms with van der Waals surface area (Å²) in [6, 6.07) is 23.1. The van der Waals surface area contributed by atoms with Gasteiger partial charge in [0.05, 0.1) is 5.92 Å². The summed E-state index contributed by atoms with van der Waals surface area (Å²) >= 11 is 0. The molecule has 0 aliphatic carbocycles. The Balaban J connectivity index is 1.21. The zero-order valence-corrected chi connectivity index (χ0v) is 18.2. The van der Waals surface area contributed by atoms with Crippen LogP contribution in [0, 0.1) is 12.8 Å². The number of fused-ring (bicyclic) bond motifs is 1. The number of benzene rings is 3. The average molecular weight is 430 g/mol. The molecule has 3 aromatic rings. The van der Waals surface area contributed by atoms with Crippen molar-refractivity contribution in [1.29, 1.82) is 0 Å². The number of likely N-dealkylation sites (tertiary alicyclic amines) is 1. The second kappa shape index (κ2) is 8.67. The van der Waals surface area contributed by atoms with E-state index in [0.29, 0.717) is 26.3 Å². The Labute approximate surface area is 188 Å². The molecule has 1 N–H and O–H groups in total. The third-order valence-corrected chi connectivity index (χ3v) is 6.44. The van der Waals surface area contributed by atoms with Gasteiger partial charge in [-0.1, -0.05) is 54.1 Å². The molecule has 164 valence electrons. The van der Waals surface area contributed by atoms with E-state index in [-0.39, 0.29) is 12.0 Å². The molecule has 0 spiro atoms. The van der Waals surface area contributed by atoms with Gasteiger partial charge in [-0.25, -0.2) is 0 Å². The molecular formula is C27H27NO4. The highest BCUT2D eigenvalue weighted by atomic mass is 16.5. The molecule has 1 atom stereocenters. The lowest BCUT2D eigenvalue weighted by Crippen LogP contribution is -2.57. The Morgan fingerprint density at radius 1 is 1.03 bits per heavy atom. The fourth-order valence-electron chi connectivity index (χ4n) is 4.33. The maximum atomic E-state index is 11.0. The topological polar surface area (TPSA) is 59.0 Å². The maximum Gasteiger partial charge on any atom is 0.309 e. The third-order valence-electron chi connectivity index (χ3n) is 6.44. The molecule has 3 aromatic carbocycles. The summed E-state index contributed by atoms with van der Waals surface area (Å²) in [7, 11) is 0. The van der Waals surface area contributed by atoms with Gasteiger partial charge in [0, 0.05) is 19.1 Å². The Kier molecular flexibility index (Phi) is 5.58. The van der Waals surface area contributed by atoms with Crippen LogP contribution in [-0.2, 0) is 17.8 Å². The first-order chi connectivity index (χ1) is 15.5. The molecule has 32 heavy (non-hydrogen) atoms. The number of nitrogens with zero attached hydrogens (tertiary/aromatic N) is 1. The SMILES string of the molecule is Cc1ccc(COc2ccc(-c3ccc4c(c3)OCC(N3CC(C(=O)O)C3)C4)cc2)cc1. The number of carbonyl (C=O) groups is 1. The molecule has 5 rings (SSSR count). The van der Waals surface area contributed by atoms with Crippen molar-refractivity contribution in [2.24, 2.45) is 5.92 Å². The van der Waals surface area contributed by atoms with Gasteiger partial charge in [-0.15, -0.1) is 0 Å². The van der Waals surface area contributed by atoms with Crippen LogP contribution in [0.5, 0.6) is 11.5 Å². The zero-order chi connectivity index (χ0) is 22.1. The molecule has 0 radical (unpaired) electrons. The molecule has 5 heteroatoms. The van der Waals surface area contributed by atoms with Crippen LogP contribution in [0.15, 0.2) is 66.7 Å². The van der Waals surface area contributed by atoms with Gasteiger partial charge < -0.3 is 14.6 Å². The number of carboxylic acids is 1. The number of hydrogen-bond acceptors (Lipinski definition) is 4. The van der Waals surface area contributed by atoms with E-state index in [2.05, 4.69) is 66.4 Å². The van der Waals surface area contributed by atoms with Crippen molar-refractivity contribution < 1.29 is 19.4 Å². The smallest absolute Gasteiger partial charge is 0.309 e. The largest absolute Gasteiger partial charge is 0.492 e. The molecule has 1 saturated heterocycles. The van der Waals surface area contributed by atoms with Crippen molar-refractivity contribution in [2.75, 3.05) is 19.7 Å². The Hall–Kier alpha value is -3.31. The lowest BCUT2D eigenvalue weighted by Gasteiger charge is -2.43. The zero-order valence-electron chi connectivity index (χ0n) is 18.2. The summed E-state index contributed by atoms with van der Waals surface area (Å²) in [4.78, 5) is 13.3. The molecule has 2 aliphatic heterocycles. The highest BCUT2D eigenvalue weighted by Gasteiger charge is 2.38. The van der Waals surface area contributed by atoms with E-state index < -0.39 is 5.97 Å². The van der Waals surface area contributed by atoms with Gasteiger partial charge in [0.25, 0.3) is 0 Å². The van der Waals surface area contributed by atoms with Crippen molar-refractivity contribution in [3.05, 3.63) is 83.4 Å². The average Bonchev–Trinajstić information content (AvgIpc) is 2.77. The number of hydrogen-bond donors (Lipinski definition) is 1. The number of aryl methyl sites for hydroxylation is 1. The van der Waals surface area contributed by atoms with Crippen LogP contribution in [-0.4, -0.2) is 41.7 Å². The minimum Gasteiger partial charge on any atom is -0.492 e. The fraction of sp³-hybridized carbons (Fsp3) is 0.296. The second-order valence-electron chi connectivity index (χ2n) is 8.78. The number of ether oxygens (including phenoxy) is 2. The van der Waals surface area contributed by atoms with E-state index in [1.165, 1.54) is 11.1 Å². The second-order valence-corrected chi connectivity index (χ2v) is 8.78. The van der Waals surface area contributed by atoms with E-state index in [0.717, 1.165) is 34.6 Å². The van der Waals surface area contributed by atoms with Crippen LogP contribution in [0.25, 0.3) is 11.1 Å². The molecule has 0 amide bonds. The van der Waals surface area contributed by atoms with Crippen LogP contribution in [0.2, 0.25) is 0 Å². The minimum absolute atomic E-state index is 0.234. The molecule has 0 saturated carbocycles. The minimum atomic E-state index is -0.699. The molecule has 0 aromatic heterocycles. The number of aliphatic carboxylic acids is 1. The quantitative estimate of drug-likeness (QED) is 0.623. The maximum absolute atomic E-state index is 11.0. The Bertz CT molecular complexity index is 1100. The number of rotatable bonds is 6. The van der Waals surface area contributed by atoms with Gasteiger partial charge >= 0.3 is 5.97 Å². The molecular weight excluding hydrogens is 402 g/mol. The predicted octanol–water partition coefficient (Wildman–Crippen LogP) is 4.56. The summed E-state index contributed by atoms with van der Waals surface area (Å²) < 4.78 is 12.0. The molecule has 0 bridgehead atoms. The van der Waals surface area contributed by atoms with Gasteiger partial charge in [-0.3, -0.25) is 9.69 Å². The van der Waals surface area contributed by atoms with Gasteiger partial charge in [0.15, 0.2) is 0 Å². The Morgan fingerprint density at radius 3 is 2.47 bits per heavy atom. The van der Waals surface area contributed by atoms with E-state index in [9.17, 15) is 4.79 Å². The van der Waals surface area contributed by atoms with Gasteiger partial charge in [-0.2, -0.15) is 0 Å². The lowest BCUT2D eigenvalue weighted by molar-refractivity contribution is -0.149. The molecule has 2 heterocycles. The van der Waals surface area contributed by atoms with E-state index >= 15 is 0 Å². The highest BCUT2D eigenvalue weighted by Crippen LogP contribution is 2.34. The van der Waals surface area contributed by atoms with Crippen LogP contribution in [0.3, 0.4) is 0 Å². The van der Waals surface area contributed by atoms with Crippen molar-refractivity contribution in [3.63, 3.8) is 0 Å². The van der Waals surface area contributed by atoms with Crippen LogP contribution in [0.1, 0.15) is 16.7 Å². The van der Waals surface area contributed by atoms with Crippen molar-refractivity contribution in [3.8, 4) is 22.6 Å². The normalized spacial score (nSPS) is 18.3. The first-order valence-electron chi connectivity index (χ1n) is 11.1. The fourth-order valence-corrected chi connectivity index (χ4v) is 4.33. The van der Waals surface area contributed by atoms with Gasteiger partial charge in [0.2, 0.25) is 0 Å². The van der Waals surface area contributed by atoms with Crippen LogP contribution >= 0.6 is 0 Å². The molecule has 2 aliphatic rings. The first kappa shape index (κ1) is 20.6. The van der Waals surface area contributed by atoms with Crippen molar-refractivity contribution in [1.82, 2.24) is 4.90 Å². The third kappa shape index (κ3) is 4.34. The standard InChI is InChI=1S/C27H27NO4/c1-18-2-4-19(5-3-18)16-31-25-10-8-20(9-11-25)21-6-7-22-12-24(17-32-26(22)13-21)28-14-23(15-28)27(29)30/h2-11,13,23-24H,12,14-17H2,1H3,(H,29,30). The van der Waals surface area contributed by atoms with Crippen LogP contribution < -0.4 is 9.47 Å². The highest BCUT2D eigenvalue weighted by molar-refractivity contribution is 5.71. The summed E-state index contributed by atoms with van der Waals surface area (Å²) in [5, 5.41) is 9.09. The lowest BCUT2D eigenvalue weighted by atomic mass is 9.92. The first-order valence-corrected chi connectivity index (χ1v) is 11.1. The molecule has 5 nitrogen and oxygen atoms in total. The summed E-state index contributed by atoms with van der Waals surface area (Å²) in [6.07, 6.45) is 0.897. The summed E-state index contributed by atoms with van der Waals surface area (Å²) in [6.45, 7) is 4.48. The Morgan fingerprint density at radius 2 is 1.75 bits per heavy atom. The van der Waals surface area contributed by atoms with Gasteiger partial charge in [-0.05, 0) is 53.8 Å².